The Balaban J connectivity index is 3.49. The lowest BCUT2D eigenvalue weighted by Crippen LogP contribution is -2.18. The maximum Gasteiger partial charge on any atom is 0.306 e. The highest BCUT2D eigenvalue weighted by Gasteiger charge is 2.14. The van der Waals surface area contributed by atoms with E-state index in [1.54, 1.807) is 0 Å². The molecule has 0 fully saturated rings. The average Bonchev–Trinajstić information content (AvgIpc) is 2.86. The molecular weight excluding hydrogens is 436 g/mol. The van der Waals surface area contributed by atoms with Gasteiger partial charge in [-0.3, -0.25) is 9.59 Å². The number of esters is 2. The van der Waals surface area contributed by atoms with Gasteiger partial charge in [-0.25, -0.2) is 0 Å². The molecule has 1 unspecified atom stereocenters. The minimum atomic E-state index is -0.0398. The summed E-state index contributed by atoms with van der Waals surface area (Å²) in [5.41, 5.74) is 0. The van der Waals surface area contributed by atoms with E-state index < -0.39 is 0 Å². The third kappa shape index (κ3) is 23.1. The number of carbonyl (C=O) groups excluding carboxylic acids is 2. The van der Waals surface area contributed by atoms with Gasteiger partial charge >= 0.3 is 11.9 Å². The summed E-state index contributed by atoms with van der Waals surface area (Å²) in [6, 6.07) is 0. The van der Waals surface area contributed by atoms with Gasteiger partial charge in [0.1, 0.15) is 6.10 Å². The van der Waals surface area contributed by atoms with Crippen molar-refractivity contribution in [1.82, 2.24) is 0 Å². The van der Waals surface area contributed by atoms with Crippen LogP contribution in [-0.4, -0.2) is 24.6 Å². The van der Waals surface area contributed by atoms with Crippen molar-refractivity contribution in [2.24, 2.45) is 5.92 Å². The van der Waals surface area contributed by atoms with Crippen LogP contribution in [0.3, 0.4) is 0 Å². The van der Waals surface area contributed by atoms with E-state index in [0.29, 0.717) is 19.4 Å². The van der Waals surface area contributed by atoms with E-state index in [0.717, 1.165) is 70.1 Å². The van der Waals surface area contributed by atoms with E-state index in [1.807, 2.05) is 0 Å². The maximum absolute atomic E-state index is 12.1. The van der Waals surface area contributed by atoms with Gasteiger partial charge in [0.05, 0.1) is 6.61 Å². The van der Waals surface area contributed by atoms with Crippen molar-refractivity contribution >= 4 is 11.9 Å². The molecule has 0 N–H and O–H groups in total. The molecular formula is C31H60O4. The minimum absolute atomic E-state index is 0.0314. The van der Waals surface area contributed by atoms with Gasteiger partial charge in [0.15, 0.2) is 0 Å². The summed E-state index contributed by atoms with van der Waals surface area (Å²) in [5, 5.41) is 0. The number of rotatable bonds is 26. The lowest BCUT2D eigenvalue weighted by atomic mass is 9.95. The number of hydrogen-bond donors (Lipinski definition) is 0. The molecule has 0 bridgehead atoms. The molecule has 0 aromatic rings. The molecule has 0 saturated heterocycles. The fraction of sp³-hybridized carbons (Fsp3) is 0.935. The van der Waals surface area contributed by atoms with Crippen LogP contribution in [0.15, 0.2) is 0 Å². The van der Waals surface area contributed by atoms with E-state index >= 15 is 0 Å². The van der Waals surface area contributed by atoms with Crippen molar-refractivity contribution in [2.75, 3.05) is 6.61 Å². The molecule has 0 saturated carbocycles. The molecule has 208 valence electrons. The van der Waals surface area contributed by atoms with Crippen LogP contribution < -0.4 is 0 Å². The van der Waals surface area contributed by atoms with Crippen LogP contribution in [0.4, 0.5) is 0 Å². The third-order valence-corrected chi connectivity index (χ3v) is 7.33. The van der Waals surface area contributed by atoms with Gasteiger partial charge in [0, 0.05) is 12.8 Å². The first-order chi connectivity index (χ1) is 17.1. The monoisotopic (exact) mass is 496 g/mol. The molecule has 35 heavy (non-hydrogen) atoms. The van der Waals surface area contributed by atoms with Crippen LogP contribution in [0.1, 0.15) is 169 Å². The van der Waals surface area contributed by atoms with Crippen LogP contribution in [0.5, 0.6) is 0 Å². The molecule has 0 spiro atoms. The van der Waals surface area contributed by atoms with Gasteiger partial charge in [-0.05, 0) is 44.4 Å². The fourth-order valence-electron chi connectivity index (χ4n) is 4.63. The number of unbranched alkanes of at least 4 members (excludes halogenated alkanes) is 13. The SMILES string of the molecule is CCCCCCCCCCCOC(=O)CCCCCCCCC(=O)OC(CC)CCC(CC)CC. The van der Waals surface area contributed by atoms with Crippen molar-refractivity contribution < 1.29 is 19.1 Å². The van der Waals surface area contributed by atoms with E-state index in [1.165, 1.54) is 64.2 Å². The number of carbonyl (C=O) groups is 2. The van der Waals surface area contributed by atoms with Gasteiger partial charge in [-0.15, -0.1) is 0 Å². The van der Waals surface area contributed by atoms with Gasteiger partial charge in [-0.1, -0.05) is 118 Å². The lowest BCUT2D eigenvalue weighted by Gasteiger charge is -2.19. The standard InChI is InChI=1S/C31H60O4/c1-5-9-10-11-12-13-16-19-22-27-34-30(32)23-20-17-14-15-18-21-24-31(33)35-29(8-4)26-25-28(6-2)7-3/h28-29H,5-27H2,1-4H3. The van der Waals surface area contributed by atoms with Gasteiger partial charge in [0.25, 0.3) is 0 Å². The molecule has 4 nitrogen and oxygen atoms in total. The van der Waals surface area contributed by atoms with Crippen molar-refractivity contribution in [3.63, 3.8) is 0 Å². The smallest absolute Gasteiger partial charge is 0.306 e. The summed E-state index contributed by atoms with van der Waals surface area (Å²) in [6.45, 7) is 9.43. The van der Waals surface area contributed by atoms with Crippen LogP contribution >= 0.6 is 0 Å². The molecule has 0 aliphatic rings. The molecule has 0 aromatic carbocycles. The Bertz CT molecular complexity index is 473. The zero-order valence-corrected chi connectivity index (χ0v) is 24.1. The zero-order valence-electron chi connectivity index (χ0n) is 24.1. The normalized spacial score (nSPS) is 12.1. The Morgan fingerprint density at radius 1 is 0.543 bits per heavy atom. The van der Waals surface area contributed by atoms with Crippen LogP contribution in [0.25, 0.3) is 0 Å². The van der Waals surface area contributed by atoms with E-state index in [2.05, 4.69) is 27.7 Å². The highest BCUT2D eigenvalue weighted by molar-refractivity contribution is 5.69. The topological polar surface area (TPSA) is 52.6 Å². The first-order valence-electron chi connectivity index (χ1n) is 15.4. The predicted octanol–water partition coefficient (Wildman–Crippen LogP) is 9.72. The Morgan fingerprint density at radius 2 is 1.03 bits per heavy atom. The third-order valence-electron chi connectivity index (χ3n) is 7.33. The Kier molecular flexibility index (Phi) is 25.2. The van der Waals surface area contributed by atoms with E-state index in [4.69, 9.17) is 9.47 Å². The minimum Gasteiger partial charge on any atom is -0.466 e. The highest BCUT2D eigenvalue weighted by atomic mass is 16.5. The van der Waals surface area contributed by atoms with Gasteiger partial charge in [-0.2, -0.15) is 0 Å². The maximum atomic E-state index is 12.1. The first kappa shape index (κ1) is 33.9. The van der Waals surface area contributed by atoms with Crippen LogP contribution in [0, 0.1) is 5.92 Å². The summed E-state index contributed by atoms with van der Waals surface area (Å²) in [7, 11) is 0. The van der Waals surface area contributed by atoms with Crippen molar-refractivity contribution in [1.29, 1.82) is 0 Å². The van der Waals surface area contributed by atoms with Gasteiger partial charge < -0.3 is 9.47 Å². The van der Waals surface area contributed by atoms with Crippen LogP contribution in [-0.2, 0) is 19.1 Å². The summed E-state index contributed by atoms with van der Waals surface area (Å²) in [5.74, 6) is 0.683. The molecule has 0 radical (unpaired) electrons. The first-order valence-corrected chi connectivity index (χ1v) is 15.4. The molecule has 0 aliphatic carbocycles. The van der Waals surface area contributed by atoms with Crippen LogP contribution in [0.2, 0.25) is 0 Å². The molecule has 0 aliphatic heterocycles. The summed E-state index contributed by atoms with van der Waals surface area (Å²) in [6.07, 6.45) is 24.3. The lowest BCUT2D eigenvalue weighted by molar-refractivity contribution is -0.150. The highest BCUT2D eigenvalue weighted by Crippen LogP contribution is 2.19. The average molecular weight is 497 g/mol. The largest absolute Gasteiger partial charge is 0.466 e. The number of hydrogen-bond acceptors (Lipinski definition) is 4. The molecule has 4 heteroatoms. The molecule has 0 heterocycles. The van der Waals surface area contributed by atoms with Crippen molar-refractivity contribution in [2.45, 2.75) is 175 Å². The summed E-state index contributed by atoms with van der Waals surface area (Å²) < 4.78 is 11.1. The Morgan fingerprint density at radius 3 is 1.54 bits per heavy atom. The van der Waals surface area contributed by atoms with Crippen molar-refractivity contribution in [3.8, 4) is 0 Å². The Hall–Kier alpha value is -1.06. The molecule has 0 aromatic heterocycles. The van der Waals surface area contributed by atoms with E-state index in [9.17, 15) is 9.59 Å². The number of ether oxygens (including phenoxy) is 2. The fourth-order valence-corrected chi connectivity index (χ4v) is 4.63. The predicted molar refractivity (Wildman–Crippen MR) is 149 cm³/mol. The molecule has 0 amide bonds. The Labute approximate surface area is 218 Å². The molecule has 1 atom stereocenters. The second kappa shape index (κ2) is 26.0. The van der Waals surface area contributed by atoms with Gasteiger partial charge in [0.2, 0.25) is 0 Å². The second-order valence-corrected chi connectivity index (χ2v) is 10.5. The van der Waals surface area contributed by atoms with Crippen molar-refractivity contribution in [3.05, 3.63) is 0 Å². The summed E-state index contributed by atoms with van der Waals surface area (Å²) in [4.78, 5) is 24.0. The molecule has 0 rings (SSSR count). The quantitative estimate of drug-likeness (QED) is 0.0883. The van der Waals surface area contributed by atoms with E-state index in [-0.39, 0.29) is 18.0 Å². The zero-order chi connectivity index (χ0) is 26.0. The summed E-state index contributed by atoms with van der Waals surface area (Å²) >= 11 is 0. The second-order valence-electron chi connectivity index (χ2n) is 10.5.